The highest BCUT2D eigenvalue weighted by Gasteiger charge is 2.04. The molecule has 0 aliphatic heterocycles. The van der Waals surface area contributed by atoms with Crippen molar-refractivity contribution in [2.24, 2.45) is 5.73 Å². The maximum absolute atomic E-state index is 6.05. The second kappa shape index (κ2) is 6.47. The summed E-state index contributed by atoms with van der Waals surface area (Å²) in [6, 6.07) is 12.5. The van der Waals surface area contributed by atoms with Crippen molar-refractivity contribution in [3.8, 4) is 0 Å². The van der Waals surface area contributed by atoms with Gasteiger partial charge in [0.1, 0.15) is 0 Å². The highest BCUT2D eigenvalue weighted by Crippen LogP contribution is 2.29. The fourth-order valence-electron chi connectivity index (χ4n) is 2.14. The minimum absolute atomic E-state index is 0.548. The molecular weight excluding hydrogens is 274 g/mol. The second-order valence-electron chi connectivity index (χ2n) is 4.74. The Bertz CT molecular complexity index is 561. The molecule has 2 rings (SSSR count). The molecule has 0 saturated heterocycles. The summed E-state index contributed by atoms with van der Waals surface area (Å²) in [7, 11) is 0. The van der Waals surface area contributed by atoms with E-state index in [1.54, 1.807) is 11.8 Å². The van der Waals surface area contributed by atoms with Crippen molar-refractivity contribution in [1.29, 1.82) is 0 Å². The van der Waals surface area contributed by atoms with Gasteiger partial charge in [0.05, 0.1) is 0 Å². The molecular formula is C16H18ClNS. The first kappa shape index (κ1) is 14.4. The third-order valence-electron chi connectivity index (χ3n) is 2.92. The predicted molar refractivity (Wildman–Crippen MR) is 84.8 cm³/mol. The molecule has 19 heavy (non-hydrogen) atoms. The van der Waals surface area contributed by atoms with Crippen LogP contribution in [0.2, 0.25) is 5.02 Å². The van der Waals surface area contributed by atoms with Gasteiger partial charge in [-0.15, -0.1) is 11.8 Å². The van der Waals surface area contributed by atoms with Gasteiger partial charge in [0.25, 0.3) is 0 Å². The van der Waals surface area contributed by atoms with Gasteiger partial charge in [-0.05, 0) is 37.1 Å². The molecule has 0 saturated carbocycles. The zero-order chi connectivity index (χ0) is 13.8. The van der Waals surface area contributed by atoms with E-state index in [9.17, 15) is 0 Å². The van der Waals surface area contributed by atoms with Gasteiger partial charge < -0.3 is 5.73 Å². The van der Waals surface area contributed by atoms with E-state index < -0.39 is 0 Å². The molecule has 0 aromatic heterocycles. The van der Waals surface area contributed by atoms with Crippen LogP contribution in [0.4, 0.5) is 0 Å². The number of halogens is 1. The normalized spacial score (nSPS) is 10.7. The molecule has 0 aliphatic carbocycles. The van der Waals surface area contributed by atoms with Crippen molar-refractivity contribution in [3.05, 3.63) is 63.7 Å². The molecule has 0 amide bonds. The zero-order valence-electron chi connectivity index (χ0n) is 11.2. The fourth-order valence-corrected chi connectivity index (χ4v) is 3.42. The summed E-state index contributed by atoms with van der Waals surface area (Å²) < 4.78 is 0. The average molecular weight is 292 g/mol. The number of hydrogen-bond acceptors (Lipinski definition) is 2. The molecule has 2 N–H and O–H groups in total. The highest BCUT2D eigenvalue weighted by atomic mass is 35.5. The van der Waals surface area contributed by atoms with Crippen LogP contribution in [-0.4, -0.2) is 0 Å². The van der Waals surface area contributed by atoms with E-state index in [0.717, 1.165) is 16.3 Å². The summed E-state index contributed by atoms with van der Waals surface area (Å²) in [5.41, 5.74) is 10.9. The second-order valence-corrected chi connectivity index (χ2v) is 6.19. The van der Waals surface area contributed by atoms with Crippen LogP contribution >= 0.6 is 23.4 Å². The Hall–Kier alpha value is -0.960. The van der Waals surface area contributed by atoms with Gasteiger partial charge in [-0.1, -0.05) is 47.0 Å². The number of thioether (sulfide) groups is 1. The Morgan fingerprint density at radius 1 is 1.05 bits per heavy atom. The average Bonchev–Trinajstić information content (AvgIpc) is 2.35. The van der Waals surface area contributed by atoms with Gasteiger partial charge in [0, 0.05) is 22.2 Å². The minimum Gasteiger partial charge on any atom is -0.326 e. The van der Waals surface area contributed by atoms with Gasteiger partial charge in [-0.2, -0.15) is 0 Å². The SMILES string of the molecule is Cc1cc(C)cc(CSc2cc(Cl)ccc2CN)c1. The Morgan fingerprint density at radius 2 is 1.74 bits per heavy atom. The first-order chi connectivity index (χ1) is 9.08. The smallest absolute Gasteiger partial charge is 0.0417 e. The van der Waals surface area contributed by atoms with E-state index in [-0.39, 0.29) is 0 Å². The van der Waals surface area contributed by atoms with E-state index in [0.29, 0.717) is 6.54 Å². The minimum atomic E-state index is 0.548. The van der Waals surface area contributed by atoms with Gasteiger partial charge in [0.15, 0.2) is 0 Å². The number of hydrogen-bond donors (Lipinski definition) is 1. The van der Waals surface area contributed by atoms with Crippen molar-refractivity contribution >= 4 is 23.4 Å². The van der Waals surface area contributed by atoms with Crippen molar-refractivity contribution in [2.75, 3.05) is 0 Å². The topological polar surface area (TPSA) is 26.0 Å². The van der Waals surface area contributed by atoms with Crippen LogP contribution in [0.3, 0.4) is 0 Å². The quantitative estimate of drug-likeness (QED) is 0.826. The summed E-state index contributed by atoms with van der Waals surface area (Å²) in [5, 5.41) is 0.764. The zero-order valence-corrected chi connectivity index (χ0v) is 12.8. The van der Waals surface area contributed by atoms with E-state index in [4.69, 9.17) is 17.3 Å². The molecule has 0 spiro atoms. The molecule has 1 nitrogen and oxygen atoms in total. The van der Waals surface area contributed by atoms with Crippen LogP contribution < -0.4 is 5.73 Å². The Kier molecular flexibility index (Phi) is 4.92. The van der Waals surface area contributed by atoms with Crippen LogP contribution in [0.15, 0.2) is 41.3 Å². The molecule has 0 unspecified atom stereocenters. The maximum atomic E-state index is 6.05. The fraction of sp³-hybridized carbons (Fsp3) is 0.250. The van der Waals surface area contributed by atoms with Crippen LogP contribution in [0.25, 0.3) is 0 Å². The lowest BCUT2D eigenvalue weighted by Crippen LogP contribution is -1.98. The molecule has 0 atom stereocenters. The van der Waals surface area contributed by atoms with Crippen molar-refractivity contribution in [3.63, 3.8) is 0 Å². The molecule has 100 valence electrons. The van der Waals surface area contributed by atoms with Gasteiger partial charge in [-0.25, -0.2) is 0 Å². The summed E-state index contributed by atoms with van der Waals surface area (Å²) in [5.74, 6) is 0.940. The number of aryl methyl sites for hydroxylation is 2. The van der Waals surface area contributed by atoms with E-state index in [1.165, 1.54) is 21.6 Å². The summed E-state index contributed by atoms with van der Waals surface area (Å²) in [6.07, 6.45) is 0. The third kappa shape index (κ3) is 4.00. The lowest BCUT2D eigenvalue weighted by molar-refractivity contribution is 1.03. The number of rotatable bonds is 4. The molecule has 0 heterocycles. The molecule has 2 aromatic rings. The van der Waals surface area contributed by atoms with E-state index in [2.05, 4.69) is 32.0 Å². The van der Waals surface area contributed by atoms with Crippen molar-refractivity contribution < 1.29 is 0 Å². The highest BCUT2D eigenvalue weighted by molar-refractivity contribution is 7.98. The van der Waals surface area contributed by atoms with Crippen LogP contribution in [0, 0.1) is 13.8 Å². The van der Waals surface area contributed by atoms with Crippen molar-refractivity contribution in [2.45, 2.75) is 31.0 Å². The van der Waals surface area contributed by atoms with Gasteiger partial charge >= 0.3 is 0 Å². The molecule has 0 radical (unpaired) electrons. The number of benzene rings is 2. The third-order valence-corrected chi connectivity index (χ3v) is 4.33. The molecule has 0 aliphatic rings. The molecule has 0 bridgehead atoms. The lowest BCUT2D eigenvalue weighted by Gasteiger charge is -2.09. The number of nitrogens with two attached hydrogens (primary N) is 1. The van der Waals surface area contributed by atoms with Crippen LogP contribution in [-0.2, 0) is 12.3 Å². The molecule has 0 fully saturated rings. The van der Waals surface area contributed by atoms with Crippen molar-refractivity contribution in [1.82, 2.24) is 0 Å². The maximum Gasteiger partial charge on any atom is 0.0417 e. The standard InChI is InChI=1S/C16H18ClNS/c1-11-5-12(2)7-13(6-11)10-19-16-8-15(17)4-3-14(16)9-18/h3-8H,9-10,18H2,1-2H3. The van der Waals surface area contributed by atoms with Crippen LogP contribution in [0.1, 0.15) is 22.3 Å². The lowest BCUT2D eigenvalue weighted by atomic mass is 10.1. The Balaban J connectivity index is 2.16. The summed E-state index contributed by atoms with van der Waals surface area (Å²) >= 11 is 7.84. The first-order valence-corrected chi connectivity index (χ1v) is 7.63. The van der Waals surface area contributed by atoms with Gasteiger partial charge in [-0.3, -0.25) is 0 Å². The van der Waals surface area contributed by atoms with Crippen LogP contribution in [0.5, 0.6) is 0 Å². The molecule has 3 heteroatoms. The van der Waals surface area contributed by atoms with E-state index >= 15 is 0 Å². The van der Waals surface area contributed by atoms with E-state index in [1.807, 2.05) is 18.2 Å². The first-order valence-electron chi connectivity index (χ1n) is 6.27. The Labute approximate surface area is 124 Å². The molecule has 2 aromatic carbocycles. The summed E-state index contributed by atoms with van der Waals surface area (Å²) in [6.45, 7) is 4.81. The summed E-state index contributed by atoms with van der Waals surface area (Å²) in [4.78, 5) is 1.18. The predicted octanol–water partition coefficient (Wildman–Crippen LogP) is 4.71. The largest absolute Gasteiger partial charge is 0.326 e. The Morgan fingerprint density at radius 3 is 2.37 bits per heavy atom. The monoisotopic (exact) mass is 291 g/mol. The van der Waals surface area contributed by atoms with Gasteiger partial charge in [0.2, 0.25) is 0 Å².